The van der Waals surface area contributed by atoms with Gasteiger partial charge in [0.1, 0.15) is 0 Å². The molecule has 0 nitrogen and oxygen atoms in total. The lowest BCUT2D eigenvalue weighted by Crippen LogP contribution is -2.17. The van der Waals surface area contributed by atoms with Crippen LogP contribution in [0.1, 0.15) is 40.0 Å². The van der Waals surface area contributed by atoms with Gasteiger partial charge in [-0.3, -0.25) is 0 Å². The molecule has 15 heavy (non-hydrogen) atoms. The zero-order chi connectivity index (χ0) is 11.5. The van der Waals surface area contributed by atoms with Crippen molar-refractivity contribution >= 4 is 45.2 Å². The van der Waals surface area contributed by atoms with E-state index >= 15 is 0 Å². The highest BCUT2D eigenvalue weighted by molar-refractivity contribution is 14.1. The van der Waals surface area contributed by atoms with Crippen LogP contribution in [-0.4, -0.2) is 8.86 Å². The van der Waals surface area contributed by atoms with E-state index in [1.807, 2.05) is 0 Å². The van der Waals surface area contributed by atoms with Crippen molar-refractivity contribution in [2.45, 2.75) is 40.0 Å². The highest BCUT2D eigenvalue weighted by Crippen LogP contribution is 2.39. The van der Waals surface area contributed by atoms with Gasteiger partial charge in [-0.25, -0.2) is 0 Å². The van der Waals surface area contributed by atoms with Gasteiger partial charge in [-0.2, -0.15) is 0 Å². The molecule has 1 rings (SSSR count). The monoisotopic (exact) mass is 432 g/mol. The molecule has 0 bridgehead atoms. The Balaban J connectivity index is 2.48. The first-order valence-electron chi connectivity index (χ1n) is 5.79. The van der Waals surface area contributed by atoms with E-state index in [9.17, 15) is 0 Å². The van der Waals surface area contributed by atoms with Crippen molar-refractivity contribution in [1.82, 2.24) is 0 Å². The third kappa shape index (κ3) is 4.52. The molecular formula is C13H22I2. The van der Waals surface area contributed by atoms with Crippen molar-refractivity contribution in [3.8, 4) is 0 Å². The second-order valence-corrected chi connectivity index (χ2v) is 7.42. The molecule has 0 radical (unpaired) electrons. The Kier molecular flexibility index (Phi) is 5.91. The van der Waals surface area contributed by atoms with Gasteiger partial charge in [0.2, 0.25) is 0 Å². The SMILES string of the molecule is CC1=C[C@H](CC(C)(C)CI)C[C@H]1CCI. The average Bonchev–Trinajstić information content (AvgIpc) is 2.47. The quantitative estimate of drug-likeness (QED) is 0.317. The maximum atomic E-state index is 2.55. The minimum atomic E-state index is 0.515. The van der Waals surface area contributed by atoms with Gasteiger partial charge in [0, 0.05) is 8.86 Å². The molecule has 88 valence electrons. The van der Waals surface area contributed by atoms with Crippen LogP contribution in [0, 0.1) is 17.3 Å². The smallest absolute Gasteiger partial charge is 0.00469 e. The molecule has 2 heteroatoms. The lowest BCUT2D eigenvalue weighted by molar-refractivity contribution is 0.321. The summed E-state index contributed by atoms with van der Waals surface area (Å²) >= 11 is 5.02. The molecule has 0 fully saturated rings. The molecule has 0 aromatic carbocycles. The Labute approximate surface area is 122 Å². The van der Waals surface area contributed by atoms with Crippen LogP contribution < -0.4 is 0 Å². The summed E-state index contributed by atoms with van der Waals surface area (Å²) in [5.41, 5.74) is 2.17. The zero-order valence-electron chi connectivity index (χ0n) is 10.0. The summed E-state index contributed by atoms with van der Waals surface area (Å²) in [6.07, 6.45) is 6.70. The maximum absolute atomic E-state index is 2.55. The second-order valence-electron chi connectivity index (χ2n) is 5.58. The molecule has 0 heterocycles. The minimum absolute atomic E-state index is 0.515. The van der Waals surface area contributed by atoms with Crippen LogP contribution >= 0.6 is 45.2 Å². The van der Waals surface area contributed by atoms with E-state index in [1.165, 1.54) is 28.1 Å². The van der Waals surface area contributed by atoms with Gasteiger partial charge in [-0.05, 0) is 43.4 Å². The molecule has 0 N–H and O–H groups in total. The van der Waals surface area contributed by atoms with Gasteiger partial charge >= 0.3 is 0 Å². The zero-order valence-corrected chi connectivity index (χ0v) is 14.3. The lowest BCUT2D eigenvalue weighted by Gasteiger charge is -2.25. The normalized spacial score (nSPS) is 26.9. The van der Waals surface area contributed by atoms with E-state index in [-0.39, 0.29) is 0 Å². The minimum Gasteiger partial charge on any atom is -0.0864 e. The lowest BCUT2D eigenvalue weighted by atomic mass is 9.83. The van der Waals surface area contributed by atoms with E-state index in [0.717, 1.165) is 11.8 Å². The van der Waals surface area contributed by atoms with E-state index in [1.54, 1.807) is 5.57 Å². The topological polar surface area (TPSA) is 0 Å². The molecule has 0 saturated carbocycles. The van der Waals surface area contributed by atoms with Gasteiger partial charge < -0.3 is 0 Å². The first-order valence-corrected chi connectivity index (χ1v) is 8.84. The Hall–Kier alpha value is 1.20. The summed E-state index contributed by atoms with van der Waals surface area (Å²) in [6, 6.07) is 0. The van der Waals surface area contributed by atoms with Crippen molar-refractivity contribution < 1.29 is 0 Å². The van der Waals surface area contributed by atoms with Crippen LogP contribution in [0.4, 0.5) is 0 Å². The highest BCUT2D eigenvalue weighted by atomic mass is 127. The summed E-state index contributed by atoms with van der Waals surface area (Å²) < 4.78 is 2.57. The van der Waals surface area contributed by atoms with E-state index in [0.29, 0.717) is 5.41 Å². The van der Waals surface area contributed by atoms with Crippen LogP contribution in [0.5, 0.6) is 0 Å². The molecule has 0 spiro atoms. The maximum Gasteiger partial charge on any atom is 0.00469 e. The van der Waals surface area contributed by atoms with Crippen molar-refractivity contribution in [3.05, 3.63) is 11.6 Å². The van der Waals surface area contributed by atoms with Crippen molar-refractivity contribution in [1.29, 1.82) is 0 Å². The summed E-state index contributed by atoms with van der Waals surface area (Å²) in [6.45, 7) is 7.12. The second kappa shape index (κ2) is 6.22. The number of alkyl halides is 2. The standard InChI is InChI=1S/C13H22I2/c1-10-6-11(7-12(10)4-5-14)8-13(2,3)9-15/h6,11-12H,4-5,7-9H2,1-3H3/t11-,12+/m0/s1. The summed E-state index contributed by atoms with van der Waals surface area (Å²) in [7, 11) is 0. The van der Waals surface area contributed by atoms with Gasteiger partial charge in [0.25, 0.3) is 0 Å². The third-order valence-corrected chi connectivity index (χ3v) is 6.05. The third-order valence-electron chi connectivity index (χ3n) is 3.36. The van der Waals surface area contributed by atoms with E-state index in [4.69, 9.17) is 0 Å². The molecule has 0 aromatic heterocycles. The molecule has 1 aliphatic rings. The van der Waals surface area contributed by atoms with E-state index < -0.39 is 0 Å². The van der Waals surface area contributed by atoms with Crippen molar-refractivity contribution in [3.63, 3.8) is 0 Å². The molecule has 0 aliphatic heterocycles. The fraction of sp³-hybridized carbons (Fsp3) is 0.846. The fourth-order valence-electron chi connectivity index (χ4n) is 2.51. The molecule has 0 aromatic rings. The largest absolute Gasteiger partial charge is 0.0864 e. The predicted octanol–water partition coefficient (Wildman–Crippen LogP) is 5.25. The van der Waals surface area contributed by atoms with Gasteiger partial charge in [0.05, 0.1) is 0 Å². The number of hydrogen-bond donors (Lipinski definition) is 0. The predicted molar refractivity (Wildman–Crippen MR) is 86.1 cm³/mol. The van der Waals surface area contributed by atoms with Gasteiger partial charge in [0.15, 0.2) is 0 Å². The Morgan fingerprint density at radius 1 is 1.40 bits per heavy atom. The van der Waals surface area contributed by atoms with Crippen LogP contribution in [0.2, 0.25) is 0 Å². The van der Waals surface area contributed by atoms with Crippen LogP contribution in [0.3, 0.4) is 0 Å². The van der Waals surface area contributed by atoms with Crippen LogP contribution in [0.15, 0.2) is 11.6 Å². The molecule has 0 amide bonds. The first kappa shape index (κ1) is 14.3. The molecular weight excluding hydrogens is 410 g/mol. The number of allylic oxidation sites excluding steroid dienone is 2. The summed E-state index contributed by atoms with van der Waals surface area (Å²) in [4.78, 5) is 0. The van der Waals surface area contributed by atoms with Crippen LogP contribution in [-0.2, 0) is 0 Å². The summed E-state index contributed by atoms with van der Waals surface area (Å²) in [5.74, 6) is 1.74. The van der Waals surface area contributed by atoms with Gasteiger partial charge in [-0.1, -0.05) is 70.7 Å². The molecule has 0 saturated heterocycles. The molecule has 0 unspecified atom stereocenters. The van der Waals surface area contributed by atoms with Crippen LogP contribution in [0.25, 0.3) is 0 Å². The summed E-state index contributed by atoms with van der Waals surface area (Å²) in [5, 5.41) is 0. The molecule has 2 atom stereocenters. The highest BCUT2D eigenvalue weighted by Gasteiger charge is 2.28. The number of halogens is 2. The molecule has 1 aliphatic carbocycles. The average molecular weight is 432 g/mol. The van der Waals surface area contributed by atoms with E-state index in [2.05, 4.69) is 72.0 Å². The van der Waals surface area contributed by atoms with Gasteiger partial charge in [-0.15, -0.1) is 0 Å². The fourth-order valence-corrected chi connectivity index (χ4v) is 3.57. The van der Waals surface area contributed by atoms with Crippen molar-refractivity contribution in [2.24, 2.45) is 17.3 Å². The Morgan fingerprint density at radius 3 is 2.60 bits per heavy atom. The first-order chi connectivity index (χ1) is 6.98. The Morgan fingerprint density at radius 2 is 2.07 bits per heavy atom. The number of rotatable bonds is 5. The van der Waals surface area contributed by atoms with Crippen molar-refractivity contribution in [2.75, 3.05) is 8.86 Å². The number of hydrogen-bond acceptors (Lipinski definition) is 0. The Bertz CT molecular complexity index is 231.